The number of benzene rings is 1. The standard InChI is InChI=1S/C14H16BrN3O/c1-8-6-10(7-9(2)13(8)15)17-12-5-4-11(16)14(18-12)19-3/h4-7H,16H2,1-3H3,(H,17,18). The van der Waals surface area contributed by atoms with E-state index in [1.165, 1.54) is 11.1 Å². The first kappa shape index (κ1) is 13.7. The number of methoxy groups -OCH3 is 1. The van der Waals surface area contributed by atoms with Crippen LogP contribution >= 0.6 is 15.9 Å². The molecule has 0 saturated carbocycles. The van der Waals surface area contributed by atoms with E-state index in [1.807, 2.05) is 6.07 Å². The third-order valence-electron chi connectivity index (χ3n) is 2.79. The first-order valence-electron chi connectivity index (χ1n) is 5.85. The minimum absolute atomic E-state index is 0.426. The number of ether oxygens (including phenoxy) is 1. The second kappa shape index (κ2) is 5.48. The summed E-state index contributed by atoms with van der Waals surface area (Å²) in [6, 6.07) is 7.71. The van der Waals surface area contributed by atoms with Gasteiger partial charge in [0.25, 0.3) is 0 Å². The third kappa shape index (κ3) is 2.98. The predicted molar refractivity (Wildman–Crippen MR) is 82.1 cm³/mol. The van der Waals surface area contributed by atoms with Crippen molar-refractivity contribution in [3.8, 4) is 5.88 Å². The maximum Gasteiger partial charge on any atom is 0.238 e. The Bertz CT molecular complexity index is 591. The molecule has 0 spiro atoms. The van der Waals surface area contributed by atoms with E-state index >= 15 is 0 Å². The fourth-order valence-electron chi connectivity index (χ4n) is 1.85. The fourth-order valence-corrected chi connectivity index (χ4v) is 2.08. The Hall–Kier alpha value is -1.75. The molecule has 1 aromatic carbocycles. The average molecular weight is 322 g/mol. The van der Waals surface area contributed by atoms with Crippen molar-refractivity contribution in [2.24, 2.45) is 0 Å². The molecule has 0 aliphatic rings. The zero-order valence-corrected chi connectivity index (χ0v) is 12.7. The van der Waals surface area contributed by atoms with Crippen LogP contribution in [0, 0.1) is 13.8 Å². The van der Waals surface area contributed by atoms with Crippen LogP contribution in [-0.4, -0.2) is 12.1 Å². The molecule has 0 unspecified atom stereocenters. The van der Waals surface area contributed by atoms with Crippen LogP contribution in [0.2, 0.25) is 0 Å². The van der Waals surface area contributed by atoms with Crippen LogP contribution in [0.15, 0.2) is 28.7 Å². The molecule has 1 aromatic heterocycles. The largest absolute Gasteiger partial charge is 0.479 e. The van der Waals surface area contributed by atoms with Gasteiger partial charge >= 0.3 is 0 Å². The van der Waals surface area contributed by atoms with Crippen molar-refractivity contribution in [2.45, 2.75) is 13.8 Å². The van der Waals surface area contributed by atoms with E-state index in [0.29, 0.717) is 17.4 Å². The lowest BCUT2D eigenvalue weighted by molar-refractivity contribution is 0.401. The molecule has 0 atom stereocenters. The van der Waals surface area contributed by atoms with Gasteiger partial charge in [-0.05, 0) is 49.2 Å². The van der Waals surface area contributed by atoms with E-state index in [4.69, 9.17) is 10.5 Å². The second-order valence-electron chi connectivity index (χ2n) is 4.34. The van der Waals surface area contributed by atoms with Gasteiger partial charge in [0, 0.05) is 10.2 Å². The summed E-state index contributed by atoms with van der Waals surface area (Å²) in [7, 11) is 1.55. The van der Waals surface area contributed by atoms with Gasteiger partial charge in [-0.1, -0.05) is 15.9 Å². The number of nitrogens with two attached hydrogens (primary N) is 1. The molecule has 100 valence electrons. The topological polar surface area (TPSA) is 60.2 Å². The Morgan fingerprint density at radius 3 is 2.42 bits per heavy atom. The van der Waals surface area contributed by atoms with Gasteiger partial charge in [-0.15, -0.1) is 0 Å². The number of rotatable bonds is 3. The number of nitrogens with one attached hydrogen (secondary N) is 1. The molecule has 0 amide bonds. The lowest BCUT2D eigenvalue weighted by Crippen LogP contribution is -2.00. The number of anilines is 3. The van der Waals surface area contributed by atoms with E-state index in [0.717, 1.165) is 10.2 Å². The highest BCUT2D eigenvalue weighted by Crippen LogP contribution is 2.28. The number of aromatic nitrogens is 1. The number of hydrogen-bond acceptors (Lipinski definition) is 4. The van der Waals surface area contributed by atoms with Gasteiger partial charge in [0.2, 0.25) is 5.88 Å². The lowest BCUT2D eigenvalue weighted by Gasteiger charge is -2.11. The first-order chi connectivity index (χ1) is 9.01. The van der Waals surface area contributed by atoms with Crippen LogP contribution in [0.5, 0.6) is 5.88 Å². The van der Waals surface area contributed by atoms with Crippen LogP contribution < -0.4 is 15.8 Å². The highest BCUT2D eigenvalue weighted by Gasteiger charge is 2.06. The summed E-state index contributed by atoms with van der Waals surface area (Å²) < 4.78 is 6.23. The van der Waals surface area contributed by atoms with Gasteiger partial charge < -0.3 is 15.8 Å². The molecule has 0 aliphatic carbocycles. The molecule has 19 heavy (non-hydrogen) atoms. The molecule has 0 saturated heterocycles. The number of aryl methyl sites for hydroxylation is 2. The van der Waals surface area contributed by atoms with Crippen LogP contribution in [0.4, 0.5) is 17.2 Å². The average Bonchev–Trinajstić information content (AvgIpc) is 2.38. The molecule has 0 fully saturated rings. The maximum absolute atomic E-state index is 5.74. The molecule has 0 bridgehead atoms. The third-order valence-corrected chi connectivity index (χ3v) is 4.04. The number of pyridine rings is 1. The van der Waals surface area contributed by atoms with E-state index in [2.05, 4.69) is 52.2 Å². The number of nitrogens with zero attached hydrogens (tertiary/aromatic N) is 1. The van der Waals surface area contributed by atoms with Crippen molar-refractivity contribution >= 4 is 33.1 Å². The van der Waals surface area contributed by atoms with Crippen LogP contribution in [0.25, 0.3) is 0 Å². The van der Waals surface area contributed by atoms with E-state index in [1.54, 1.807) is 13.2 Å². The molecular weight excluding hydrogens is 306 g/mol. The Morgan fingerprint density at radius 2 is 1.84 bits per heavy atom. The Balaban J connectivity index is 2.31. The van der Waals surface area contributed by atoms with Gasteiger partial charge in [-0.2, -0.15) is 4.98 Å². The van der Waals surface area contributed by atoms with Gasteiger partial charge in [0.05, 0.1) is 12.8 Å². The molecule has 0 aliphatic heterocycles. The minimum Gasteiger partial charge on any atom is -0.479 e. The summed E-state index contributed by atoms with van der Waals surface area (Å²) in [4.78, 5) is 4.30. The summed E-state index contributed by atoms with van der Waals surface area (Å²) in [5.41, 5.74) is 9.59. The number of hydrogen-bond donors (Lipinski definition) is 2. The van der Waals surface area contributed by atoms with E-state index in [9.17, 15) is 0 Å². The summed E-state index contributed by atoms with van der Waals surface area (Å²) in [6.45, 7) is 4.11. The first-order valence-corrected chi connectivity index (χ1v) is 6.65. The van der Waals surface area contributed by atoms with Crippen molar-refractivity contribution in [2.75, 3.05) is 18.2 Å². The highest BCUT2D eigenvalue weighted by atomic mass is 79.9. The number of halogens is 1. The predicted octanol–water partition coefficient (Wildman–Crippen LogP) is 3.80. The Labute approximate surface area is 121 Å². The molecular formula is C14H16BrN3O. The molecule has 4 nitrogen and oxygen atoms in total. The zero-order valence-electron chi connectivity index (χ0n) is 11.1. The van der Waals surface area contributed by atoms with Crippen molar-refractivity contribution in [3.05, 3.63) is 39.9 Å². The molecule has 5 heteroatoms. The van der Waals surface area contributed by atoms with Gasteiger partial charge in [0.1, 0.15) is 5.82 Å². The van der Waals surface area contributed by atoms with Gasteiger partial charge in [-0.3, -0.25) is 0 Å². The van der Waals surface area contributed by atoms with Crippen LogP contribution in [-0.2, 0) is 0 Å². The van der Waals surface area contributed by atoms with Gasteiger partial charge in [-0.25, -0.2) is 0 Å². The smallest absolute Gasteiger partial charge is 0.238 e. The van der Waals surface area contributed by atoms with Crippen LogP contribution in [0.3, 0.4) is 0 Å². The lowest BCUT2D eigenvalue weighted by atomic mass is 10.1. The Morgan fingerprint density at radius 1 is 1.21 bits per heavy atom. The molecule has 1 heterocycles. The normalized spacial score (nSPS) is 10.3. The quantitative estimate of drug-likeness (QED) is 0.902. The number of nitrogen functional groups attached to an aromatic ring is 1. The summed E-state index contributed by atoms with van der Waals surface area (Å²) in [6.07, 6.45) is 0. The second-order valence-corrected chi connectivity index (χ2v) is 5.14. The summed E-state index contributed by atoms with van der Waals surface area (Å²) in [5.74, 6) is 1.13. The van der Waals surface area contributed by atoms with Crippen molar-refractivity contribution < 1.29 is 4.74 Å². The SMILES string of the molecule is COc1nc(Nc2cc(C)c(Br)c(C)c2)ccc1N. The van der Waals surface area contributed by atoms with Crippen molar-refractivity contribution in [1.82, 2.24) is 4.98 Å². The zero-order chi connectivity index (χ0) is 14.0. The fraction of sp³-hybridized carbons (Fsp3) is 0.214. The summed E-state index contributed by atoms with van der Waals surface area (Å²) in [5, 5.41) is 3.25. The molecule has 2 aromatic rings. The monoisotopic (exact) mass is 321 g/mol. The highest BCUT2D eigenvalue weighted by molar-refractivity contribution is 9.10. The summed E-state index contributed by atoms with van der Waals surface area (Å²) >= 11 is 3.55. The molecule has 0 radical (unpaired) electrons. The van der Waals surface area contributed by atoms with Gasteiger partial charge in [0.15, 0.2) is 0 Å². The van der Waals surface area contributed by atoms with Crippen LogP contribution in [0.1, 0.15) is 11.1 Å². The Kier molecular flexibility index (Phi) is 3.95. The minimum atomic E-state index is 0.426. The van der Waals surface area contributed by atoms with E-state index < -0.39 is 0 Å². The maximum atomic E-state index is 5.74. The molecule has 2 rings (SSSR count). The van der Waals surface area contributed by atoms with Crippen molar-refractivity contribution in [3.63, 3.8) is 0 Å². The molecule has 3 N–H and O–H groups in total. The van der Waals surface area contributed by atoms with E-state index in [-0.39, 0.29) is 0 Å². The van der Waals surface area contributed by atoms with Crippen molar-refractivity contribution in [1.29, 1.82) is 0 Å².